The molecular formula is C27H40ClNO6. The number of halogens is 1. The van der Waals surface area contributed by atoms with E-state index >= 15 is 0 Å². The van der Waals surface area contributed by atoms with Crippen molar-refractivity contribution >= 4 is 29.9 Å². The molecule has 0 aromatic carbocycles. The van der Waals surface area contributed by atoms with Crippen molar-refractivity contribution in [2.75, 3.05) is 13.2 Å². The smallest absolute Gasteiger partial charge is 0.306 e. The van der Waals surface area contributed by atoms with E-state index in [-0.39, 0.29) is 48.3 Å². The molecule has 3 saturated carbocycles. The minimum atomic E-state index is -1.64. The van der Waals surface area contributed by atoms with Crippen LogP contribution in [0.2, 0.25) is 0 Å². The standard InChI is InChI=1S/C27H39NO6.ClH/c1-16-12-18-19-8-10-27(33,22(31)15-34-23(32)6-4-5-11-28)26(19,3)14-21(30)24(18)25(2)9-7-17(29)13-20(16)25;/h7,9,13,16,18-19,21,24,30,33H,4-6,8,10-12,14-15,28H2,1-3H3;1H/t16-,18-,19-,21-,24+,25-,26-,27-;/m0./s1. The van der Waals surface area contributed by atoms with E-state index in [2.05, 4.69) is 13.8 Å². The first kappa shape index (κ1) is 28.0. The molecule has 8 atom stereocenters. The normalized spacial score (nSPS) is 41.7. The molecule has 0 aromatic rings. The molecule has 0 spiro atoms. The number of unbranched alkanes of at least 4 members (excludes halogenated alkanes) is 1. The number of nitrogens with two attached hydrogens (primary N) is 1. The molecule has 196 valence electrons. The molecule has 0 amide bonds. The fourth-order valence-corrected chi connectivity index (χ4v) is 7.96. The molecular weight excluding hydrogens is 470 g/mol. The summed E-state index contributed by atoms with van der Waals surface area (Å²) in [6.45, 7) is 6.20. The van der Waals surface area contributed by atoms with Crippen molar-refractivity contribution in [3.63, 3.8) is 0 Å². The van der Waals surface area contributed by atoms with E-state index in [1.54, 1.807) is 12.2 Å². The third-order valence-electron chi connectivity index (χ3n) is 9.63. The van der Waals surface area contributed by atoms with Gasteiger partial charge in [-0.2, -0.15) is 0 Å². The largest absolute Gasteiger partial charge is 0.458 e. The van der Waals surface area contributed by atoms with Crippen molar-refractivity contribution in [1.82, 2.24) is 0 Å². The molecule has 4 rings (SSSR count). The number of ether oxygens (including phenoxy) is 1. The quantitative estimate of drug-likeness (QED) is 0.355. The van der Waals surface area contributed by atoms with Gasteiger partial charge in [0.1, 0.15) is 5.60 Å². The SMILES string of the molecule is C[C@H]1C[C@@H]2[C@H]([C@@H](O)C[C@@]3(C)[C@H]2CC[C@]3(O)C(=O)COC(=O)CCCCN)[C@@]2(C)C=CC(=O)C=C12.Cl. The maximum absolute atomic E-state index is 13.2. The monoisotopic (exact) mass is 509 g/mol. The highest BCUT2D eigenvalue weighted by atomic mass is 35.5. The van der Waals surface area contributed by atoms with E-state index in [0.29, 0.717) is 38.6 Å². The molecule has 35 heavy (non-hydrogen) atoms. The van der Waals surface area contributed by atoms with Gasteiger partial charge >= 0.3 is 5.97 Å². The molecule has 0 aliphatic heterocycles. The number of fused-ring (bicyclic) bond motifs is 5. The predicted octanol–water partition coefficient (Wildman–Crippen LogP) is 2.91. The van der Waals surface area contributed by atoms with E-state index in [9.17, 15) is 24.6 Å². The summed E-state index contributed by atoms with van der Waals surface area (Å²) in [7, 11) is 0. The number of rotatable bonds is 7. The van der Waals surface area contributed by atoms with Crippen molar-refractivity contribution in [2.45, 2.75) is 77.4 Å². The summed E-state index contributed by atoms with van der Waals surface area (Å²) < 4.78 is 5.20. The van der Waals surface area contributed by atoms with Crippen LogP contribution in [0.1, 0.15) is 65.7 Å². The zero-order chi connectivity index (χ0) is 24.9. The minimum absolute atomic E-state index is 0. The Morgan fingerprint density at radius 3 is 2.66 bits per heavy atom. The number of carbonyl (C=O) groups excluding carboxylic acids is 3. The second kappa shape index (κ2) is 10.1. The number of esters is 1. The van der Waals surface area contributed by atoms with Gasteiger partial charge in [0, 0.05) is 23.2 Å². The fourth-order valence-electron chi connectivity index (χ4n) is 7.96. The molecule has 0 aromatic heterocycles. The molecule has 0 saturated heterocycles. The number of allylic oxidation sites excluding steroid dienone is 4. The average molecular weight is 510 g/mol. The van der Waals surface area contributed by atoms with Gasteiger partial charge in [0.25, 0.3) is 0 Å². The van der Waals surface area contributed by atoms with Gasteiger partial charge in [-0.15, -0.1) is 12.4 Å². The van der Waals surface area contributed by atoms with Crippen LogP contribution < -0.4 is 5.73 Å². The second-order valence-electron chi connectivity index (χ2n) is 11.5. The zero-order valence-corrected chi connectivity index (χ0v) is 21.8. The maximum Gasteiger partial charge on any atom is 0.306 e. The lowest BCUT2D eigenvalue weighted by Crippen LogP contribution is -2.62. The molecule has 0 bridgehead atoms. The molecule has 4 aliphatic carbocycles. The van der Waals surface area contributed by atoms with Gasteiger partial charge in [-0.25, -0.2) is 0 Å². The zero-order valence-electron chi connectivity index (χ0n) is 21.0. The summed E-state index contributed by atoms with van der Waals surface area (Å²) in [4.78, 5) is 37.3. The number of carbonyl (C=O) groups is 3. The van der Waals surface area contributed by atoms with E-state index in [4.69, 9.17) is 10.5 Å². The number of ketones is 2. The predicted molar refractivity (Wildman–Crippen MR) is 134 cm³/mol. The molecule has 3 fully saturated rings. The van der Waals surface area contributed by atoms with E-state index in [1.807, 2.05) is 13.0 Å². The highest BCUT2D eigenvalue weighted by Crippen LogP contribution is 2.67. The topological polar surface area (TPSA) is 127 Å². The van der Waals surface area contributed by atoms with Crippen molar-refractivity contribution in [1.29, 1.82) is 0 Å². The summed E-state index contributed by atoms with van der Waals surface area (Å²) in [5.74, 6) is -0.670. The van der Waals surface area contributed by atoms with E-state index in [0.717, 1.165) is 12.0 Å². The highest BCUT2D eigenvalue weighted by molar-refractivity contribution is 6.01. The number of aliphatic hydroxyl groups is 2. The van der Waals surface area contributed by atoms with Gasteiger partial charge in [-0.05, 0) is 75.0 Å². The van der Waals surface area contributed by atoms with Gasteiger partial charge in [-0.3, -0.25) is 14.4 Å². The summed E-state index contributed by atoms with van der Waals surface area (Å²) in [6, 6.07) is 0. The third-order valence-corrected chi connectivity index (χ3v) is 9.63. The average Bonchev–Trinajstić information content (AvgIpc) is 3.04. The lowest BCUT2D eigenvalue weighted by atomic mass is 9.45. The van der Waals surface area contributed by atoms with Gasteiger partial charge in [-0.1, -0.05) is 32.4 Å². The van der Waals surface area contributed by atoms with Gasteiger partial charge < -0.3 is 20.7 Å². The van der Waals surface area contributed by atoms with Crippen LogP contribution >= 0.6 is 12.4 Å². The summed E-state index contributed by atoms with van der Waals surface area (Å²) >= 11 is 0. The maximum atomic E-state index is 13.2. The Balaban J connectivity index is 0.00000342. The van der Waals surface area contributed by atoms with Crippen LogP contribution in [0.5, 0.6) is 0 Å². The Morgan fingerprint density at radius 1 is 1.26 bits per heavy atom. The van der Waals surface area contributed by atoms with Crippen LogP contribution in [0.15, 0.2) is 23.8 Å². The van der Waals surface area contributed by atoms with E-state index in [1.165, 1.54) is 0 Å². The lowest BCUT2D eigenvalue weighted by Gasteiger charge is -2.60. The molecule has 0 radical (unpaired) electrons. The Kier molecular flexibility index (Phi) is 8.07. The number of hydrogen-bond acceptors (Lipinski definition) is 7. The van der Waals surface area contributed by atoms with E-state index < -0.39 is 40.9 Å². The molecule has 0 unspecified atom stereocenters. The van der Waals surface area contributed by atoms with Crippen LogP contribution in [0, 0.1) is 34.5 Å². The van der Waals surface area contributed by atoms with Crippen LogP contribution in [-0.4, -0.2) is 52.6 Å². The fraction of sp³-hybridized carbons (Fsp3) is 0.741. The van der Waals surface area contributed by atoms with Gasteiger partial charge in [0.2, 0.25) is 5.78 Å². The van der Waals surface area contributed by atoms with Crippen LogP contribution in [0.3, 0.4) is 0 Å². The summed E-state index contributed by atoms with van der Waals surface area (Å²) in [6.07, 6.45) is 8.19. The first-order valence-electron chi connectivity index (χ1n) is 12.7. The third kappa shape index (κ3) is 4.43. The number of aliphatic hydroxyl groups excluding tert-OH is 1. The Labute approximate surface area is 214 Å². The van der Waals surface area contributed by atoms with Gasteiger partial charge in [0.05, 0.1) is 6.10 Å². The summed E-state index contributed by atoms with van der Waals surface area (Å²) in [5, 5.41) is 23.2. The minimum Gasteiger partial charge on any atom is -0.458 e. The Bertz CT molecular complexity index is 933. The first-order valence-corrected chi connectivity index (χ1v) is 12.7. The van der Waals surface area contributed by atoms with Gasteiger partial charge in [0.15, 0.2) is 12.4 Å². The summed E-state index contributed by atoms with van der Waals surface area (Å²) in [5.41, 5.74) is 3.67. The van der Waals surface area contributed by atoms with Crippen molar-refractivity contribution in [2.24, 2.45) is 40.2 Å². The van der Waals surface area contributed by atoms with Crippen LogP contribution in [0.4, 0.5) is 0 Å². The molecule has 4 N–H and O–H groups in total. The molecule has 8 heteroatoms. The number of Topliss-reactive ketones (excluding diaryl/α,β-unsaturated/α-hetero) is 1. The van der Waals surface area contributed by atoms with Crippen molar-refractivity contribution < 1.29 is 29.3 Å². The van der Waals surface area contributed by atoms with Crippen LogP contribution in [-0.2, 0) is 19.1 Å². The second-order valence-corrected chi connectivity index (χ2v) is 11.5. The number of hydrogen-bond donors (Lipinski definition) is 3. The molecule has 0 heterocycles. The molecule has 4 aliphatic rings. The molecule has 7 nitrogen and oxygen atoms in total. The van der Waals surface area contributed by atoms with Crippen molar-refractivity contribution in [3.8, 4) is 0 Å². The van der Waals surface area contributed by atoms with Crippen LogP contribution in [0.25, 0.3) is 0 Å². The highest BCUT2D eigenvalue weighted by Gasteiger charge is 2.68. The Hall–Kier alpha value is -1.54. The lowest BCUT2D eigenvalue weighted by molar-refractivity contribution is -0.182. The first-order chi connectivity index (χ1) is 16.0. The van der Waals surface area contributed by atoms with Crippen molar-refractivity contribution in [3.05, 3.63) is 23.8 Å². The Morgan fingerprint density at radius 2 is 1.97 bits per heavy atom.